The van der Waals surface area contributed by atoms with Crippen molar-refractivity contribution in [1.82, 2.24) is 14.5 Å². The first-order valence-electron chi connectivity index (χ1n) is 7.11. The minimum Gasteiger partial charge on any atom is -0.332 e. The van der Waals surface area contributed by atoms with E-state index >= 15 is 0 Å². The summed E-state index contributed by atoms with van der Waals surface area (Å²) in [6.07, 6.45) is 0.928. The van der Waals surface area contributed by atoms with Crippen molar-refractivity contribution in [2.24, 2.45) is 0 Å². The fraction of sp³-hybridized carbons (Fsp3) is 0.467. The summed E-state index contributed by atoms with van der Waals surface area (Å²) in [6.45, 7) is 8.03. The standard InChI is InChI=1S/C15H21N3OS/c1-3-17(4-2)10-7-11-18-14(19)12-8-5-6-9-13(12)16-15(18)20/h5-6,8-9H,3-4,7,10-11H2,1-2H3,(H,16,20). The maximum Gasteiger partial charge on any atom is 0.262 e. The topological polar surface area (TPSA) is 41.0 Å². The number of hydrogen-bond donors (Lipinski definition) is 1. The van der Waals surface area contributed by atoms with Crippen LogP contribution in [0.4, 0.5) is 0 Å². The van der Waals surface area contributed by atoms with Crippen molar-refractivity contribution in [2.75, 3.05) is 19.6 Å². The Bertz CT molecular complexity index is 685. The molecular weight excluding hydrogens is 270 g/mol. The quantitative estimate of drug-likeness (QED) is 0.832. The van der Waals surface area contributed by atoms with Crippen LogP contribution in [0.1, 0.15) is 20.3 Å². The third-order valence-corrected chi connectivity index (χ3v) is 3.96. The summed E-state index contributed by atoms with van der Waals surface area (Å²) < 4.78 is 2.18. The van der Waals surface area contributed by atoms with Gasteiger partial charge in [0.2, 0.25) is 0 Å². The summed E-state index contributed by atoms with van der Waals surface area (Å²) in [7, 11) is 0. The molecule has 0 spiro atoms. The van der Waals surface area contributed by atoms with Crippen LogP contribution in [0.5, 0.6) is 0 Å². The van der Waals surface area contributed by atoms with Crippen molar-refractivity contribution in [3.05, 3.63) is 39.4 Å². The fourth-order valence-electron chi connectivity index (χ4n) is 2.39. The second-order valence-corrected chi connectivity index (χ2v) is 5.20. The molecule has 0 saturated carbocycles. The lowest BCUT2D eigenvalue weighted by molar-refractivity contribution is 0.292. The van der Waals surface area contributed by atoms with E-state index in [0.29, 0.717) is 16.7 Å². The number of H-pyrrole nitrogens is 1. The van der Waals surface area contributed by atoms with Crippen molar-refractivity contribution in [2.45, 2.75) is 26.8 Å². The molecule has 0 bridgehead atoms. The average molecular weight is 291 g/mol. The Balaban J connectivity index is 2.22. The van der Waals surface area contributed by atoms with E-state index < -0.39 is 0 Å². The highest BCUT2D eigenvalue weighted by Gasteiger charge is 2.05. The fourth-order valence-corrected chi connectivity index (χ4v) is 2.68. The zero-order chi connectivity index (χ0) is 14.5. The summed E-state index contributed by atoms with van der Waals surface area (Å²) >= 11 is 5.30. The molecule has 2 rings (SSSR count). The highest BCUT2D eigenvalue weighted by atomic mass is 32.1. The maximum atomic E-state index is 12.4. The van der Waals surface area contributed by atoms with Crippen LogP contribution < -0.4 is 5.56 Å². The van der Waals surface area contributed by atoms with E-state index in [1.165, 1.54) is 0 Å². The molecule has 108 valence electrons. The van der Waals surface area contributed by atoms with Crippen molar-refractivity contribution < 1.29 is 0 Å². The molecule has 1 N–H and O–H groups in total. The Kier molecular flexibility index (Phi) is 5.09. The van der Waals surface area contributed by atoms with E-state index in [1.807, 2.05) is 24.3 Å². The predicted molar refractivity (Wildman–Crippen MR) is 85.8 cm³/mol. The number of aromatic amines is 1. The number of para-hydroxylation sites is 1. The lowest BCUT2D eigenvalue weighted by atomic mass is 10.2. The molecule has 20 heavy (non-hydrogen) atoms. The second kappa shape index (κ2) is 6.81. The molecule has 0 aliphatic heterocycles. The molecule has 4 nitrogen and oxygen atoms in total. The minimum absolute atomic E-state index is 0.00361. The molecule has 0 unspecified atom stereocenters. The zero-order valence-corrected chi connectivity index (χ0v) is 12.9. The molecule has 5 heteroatoms. The Hall–Kier alpha value is -1.46. The van der Waals surface area contributed by atoms with Crippen molar-refractivity contribution in [3.63, 3.8) is 0 Å². The average Bonchev–Trinajstić information content (AvgIpc) is 2.46. The Morgan fingerprint density at radius 1 is 1.25 bits per heavy atom. The van der Waals surface area contributed by atoms with Crippen LogP contribution in [0, 0.1) is 4.77 Å². The van der Waals surface area contributed by atoms with Crippen molar-refractivity contribution in [3.8, 4) is 0 Å². The molecule has 0 aliphatic rings. The van der Waals surface area contributed by atoms with Gasteiger partial charge in [-0.25, -0.2) is 0 Å². The van der Waals surface area contributed by atoms with Crippen LogP contribution in [0.2, 0.25) is 0 Å². The van der Waals surface area contributed by atoms with Crippen LogP contribution in [0.3, 0.4) is 0 Å². The van der Waals surface area contributed by atoms with E-state index in [0.717, 1.165) is 31.6 Å². The molecule has 1 aromatic carbocycles. The zero-order valence-electron chi connectivity index (χ0n) is 12.1. The van der Waals surface area contributed by atoms with Crippen LogP contribution in [0.25, 0.3) is 10.9 Å². The van der Waals surface area contributed by atoms with E-state index in [4.69, 9.17) is 12.2 Å². The largest absolute Gasteiger partial charge is 0.332 e. The Morgan fingerprint density at radius 2 is 1.95 bits per heavy atom. The summed E-state index contributed by atoms with van der Waals surface area (Å²) in [5, 5.41) is 0.698. The first-order chi connectivity index (χ1) is 9.67. The van der Waals surface area contributed by atoms with Gasteiger partial charge in [0.05, 0.1) is 10.9 Å². The van der Waals surface area contributed by atoms with Gasteiger partial charge in [-0.2, -0.15) is 0 Å². The molecule has 1 heterocycles. The number of fused-ring (bicyclic) bond motifs is 1. The Labute approximate surface area is 124 Å². The third kappa shape index (κ3) is 3.16. The van der Waals surface area contributed by atoms with Gasteiger partial charge < -0.3 is 9.88 Å². The Morgan fingerprint density at radius 3 is 2.65 bits per heavy atom. The molecular formula is C15H21N3OS. The van der Waals surface area contributed by atoms with E-state index in [-0.39, 0.29) is 5.56 Å². The van der Waals surface area contributed by atoms with E-state index in [9.17, 15) is 4.79 Å². The molecule has 0 amide bonds. The van der Waals surface area contributed by atoms with Gasteiger partial charge in [0.25, 0.3) is 5.56 Å². The molecule has 0 fully saturated rings. The third-order valence-electron chi connectivity index (χ3n) is 3.64. The van der Waals surface area contributed by atoms with E-state index in [2.05, 4.69) is 23.7 Å². The van der Waals surface area contributed by atoms with Crippen LogP contribution in [0.15, 0.2) is 29.1 Å². The van der Waals surface area contributed by atoms with Crippen molar-refractivity contribution >= 4 is 23.1 Å². The highest BCUT2D eigenvalue weighted by molar-refractivity contribution is 7.71. The van der Waals surface area contributed by atoms with Gasteiger partial charge in [-0.3, -0.25) is 9.36 Å². The summed E-state index contributed by atoms with van der Waals surface area (Å²) in [5.41, 5.74) is 0.811. The number of benzene rings is 1. The lowest BCUT2D eigenvalue weighted by Gasteiger charge is -2.18. The first-order valence-corrected chi connectivity index (χ1v) is 7.52. The molecule has 2 aromatic rings. The highest BCUT2D eigenvalue weighted by Crippen LogP contribution is 2.06. The normalized spacial score (nSPS) is 11.3. The summed E-state index contributed by atoms with van der Waals surface area (Å²) in [4.78, 5) is 17.9. The smallest absolute Gasteiger partial charge is 0.262 e. The van der Waals surface area contributed by atoms with Gasteiger partial charge in [-0.1, -0.05) is 26.0 Å². The summed E-state index contributed by atoms with van der Waals surface area (Å²) in [6, 6.07) is 7.50. The number of hydrogen-bond acceptors (Lipinski definition) is 3. The monoisotopic (exact) mass is 291 g/mol. The van der Waals surface area contributed by atoms with E-state index in [1.54, 1.807) is 4.57 Å². The molecule has 0 atom stereocenters. The number of rotatable bonds is 6. The van der Waals surface area contributed by atoms with Gasteiger partial charge in [-0.05, 0) is 50.4 Å². The minimum atomic E-state index is 0.00361. The first kappa shape index (κ1) is 14.9. The molecule has 0 radical (unpaired) electrons. The van der Waals surface area contributed by atoms with Gasteiger partial charge in [0.1, 0.15) is 0 Å². The number of aromatic nitrogens is 2. The summed E-state index contributed by atoms with van der Waals surface area (Å²) in [5.74, 6) is 0. The van der Waals surface area contributed by atoms with Crippen LogP contribution >= 0.6 is 12.2 Å². The van der Waals surface area contributed by atoms with Gasteiger partial charge >= 0.3 is 0 Å². The van der Waals surface area contributed by atoms with Gasteiger partial charge in [0, 0.05) is 6.54 Å². The van der Waals surface area contributed by atoms with Gasteiger partial charge in [-0.15, -0.1) is 0 Å². The predicted octanol–water partition coefficient (Wildman–Crippen LogP) is 2.79. The number of nitrogens with zero attached hydrogens (tertiary/aromatic N) is 2. The van der Waals surface area contributed by atoms with Crippen LogP contribution in [-0.2, 0) is 6.54 Å². The molecule has 0 saturated heterocycles. The lowest BCUT2D eigenvalue weighted by Crippen LogP contribution is -2.27. The number of nitrogens with one attached hydrogen (secondary N) is 1. The van der Waals surface area contributed by atoms with Gasteiger partial charge in [0.15, 0.2) is 4.77 Å². The SMILES string of the molecule is CCN(CC)CCCn1c(=S)[nH]c2ccccc2c1=O. The maximum absolute atomic E-state index is 12.4. The van der Waals surface area contributed by atoms with Crippen LogP contribution in [-0.4, -0.2) is 34.1 Å². The second-order valence-electron chi connectivity index (χ2n) is 4.81. The molecule has 1 aromatic heterocycles. The van der Waals surface area contributed by atoms with Crippen molar-refractivity contribution in [1.29, 1.82) is 0 Å². The molecule has 0 aliphatic carbocycles.